The number of aliphatic carboxylic acids is 1. The molecule has 0 spiro atoms. The van der Waals surface area contributed by atoms with Crippen LogP contribution in [0.3, 0.4) is 0 Å². The number of hydrogen-bond acceptors (Lipinski definition) is 3. The van der Waals surface area contributed by atoms with Gasteiger partial charge in [0.15, 0.2) is 5.65 Å². The summed E-state index contributed by atoms with van der Waals surface area (Å²) in [7, 11) is 0. The summed E-state index contributed by atoms with van der Waals surface area (Å²) in [6.45, 7) is 0. The van der Waals surface area contributed by atoms with E-state index < -0.39 is 24.1 Å². The maximum Gasteiger partial charge on any atom is 0.417 e. The number of carboxylic acid groups (broad SMARTS) is 1. The molecule has 0 aliphatic carbocycles. The van der Waals surface area contributed by atoms with E-state index in [0.29, 0.717) is 6.07 Å². The van der Waals surface area contributed by atoms with Crippen molar-refractivity contribution in [3.63, 3.8) is 0 Å². The minimum atomic E-state index is -4.58. The topological polar surface area (TPSA) is 80.6 Å². The first-order valence-corrected chi connectivity index (χ1v) is 5.33. The summed E-state index contributed by atoms with van der Waals surface area (Å²) in [6.07, 6.45) is -4.35. The highest BCUT2D eigenvalue weighted by atomic mass is 35.5. The van der Waals surface area contributed by atoms with Crippen molar-refractivity contribution in [1.82, 2.24) is 9.38 Å². The molecule has 3 N–H and O–H groups in total. The van der Waals surface area contributed by atoms with Gasteiger partial charge in [-0.05, 0) is 6.07 Å². The molecule has 0 fully saturated rings. The van der Waals surface area contributed by atoms with Gasteiger partial charge in [-0.15, -0.1) is 0 Å². The predicted octanol–water partition coefficient (Wildman–Crippen LogP) is 2.22. The summed E-state index contributed by atoms with van der Waals surface area (Å²) >= 11 is 5.70. The Morgan fingerprint density at radius 1 is 1.53 bits per heavy atom. The van der Waals surface area contributed by atoms with E-state index in [1.54, 1.807) is 0 Å². The van der Waals surface area contributed by atoms with Gasteiger partial charge in [0.05, 0.1) is 22.7 Å². The van der Waals surface area contributed by atoms with Gasteiger partial charge in [-0.1, -0.05) is 11.6 Å². The average Bonchev–Trinajstić information content (AvgIpc) is 2.55. The van der Waals surface area contributed by atoms with Crippen molar-refractivity contribution in [3.05, 3.63) is 28.5 Å². The molecule has 2 rings (SSSR count). The minimum absolute atomic E-state index is 0.0107. The summed E-state index contributed by atoms with van der Waals surface area (Å²) in [5, 5.41) is 8.40. The lowest BCUT2D eigenvalue weighted by Crippen LogP contribution is -2.08. The summed E-state index contributed by atoms with van der Waals surface area (Å²) in [5.41, 5.74) is 4.55. The van der Waals surface area contributed by atoms with Crippen LogP contribution in [0.5, 0.6) is 0 Å². The Labute approximate surface area is 109 Å². The average molecular weight is 294 g/mol. The Balaban J connectivity index is 2.67. The number of alkyl halides is 3. The minimum Gasteiger partial charge on any atom is -0.481 e. The van der Waals surface area contributed by atoms with Gasteiger partial charge in [0.2, 0.25) is 0 Å². The second-order valence-electron chi connectivity index (χ2n) is 3.78. The second kappa shape index (κ2) is 4.30. The number of pyridine rings is 1. The van der Waals surface area contributed by atoms with Crippen molar-refractivity contribution < 1.29 is 23.1 Å². The second-order valence-corrected chi connectivity index (χ2v) is 4.19. The number of hydrogen-bond donors (Lipinski definition) is 2. The molecule has 0 aromatic carbocycles. The Morgan fingerprint density at radius 2 is 2.16 bits per heavy atom. The zero-order valence-electron chi connectivity index (χ0n) is 9.20. The summed E-state index contributed by atoms with van der Waals surface area (Å²) in [6, 6.07) is 0.716. The van der Waals surface area contributed by atoms with E-state index in [0.717, 1.165) is 10.6 Å². The molecule has 0 unspecified atom stereocenters. The van der Waals surface area contributed by atoms with Crippen LogP contribution in [0.4, 0.5) is 19.0 Å². The molecule has 19 heavy (non-hydrogen) atoms. The zero-order valence-corrected chi connectivity index (χ0v) is 9.96. The van der Waals surface area contributed by atoms with E-state index in [2.05, 4.69) is 4.98 Å². The van der Waals surface area contributed by atoms with Gasteiger partial charge in [-0.3, -0.25) is 9.20 Å². The molecule has 2 aromatic heterocycles. The lowest BCUT2D eigenvalue weighted by Gasteiger charge is -2.08. The Bertz CT molecular complexity index is 666. The van der Waals surface area contributed by atoms with E-state index in [-0.39, 0.29) is 22.2 Å². The SMILES string of the molecule is Nc1c(CC(=O)O)nc2c(Cl)cc(C(F)(F)F)cn12. The first-order chi connectivity index (χ1) is 8.70. The fraction of sp³-hybridized carbons (Fsp3) is 0.200. The molecule has 0 radical (unpaired) electrons. The molecule has 9 heteroatoms. The lowest BCUT2D eigenvalue weighted by atomic mass is 10.3. The Hall–Kier alpha value is -1.96. The van der Waals surface area contributed by atoms with Crippen LogP contribution < -0.4 is 5.73 Å². The molecule has 102 valence electrons. The van der Waals surface area contributed by atoms with Gasteiger partial charge in [0.25, 0.3) is 0 Å². The third-order valence-corrected chi connectivity index (χ3v) is 2.71. The summed E-state index contributed by atoms with van der Waals surface area (Å²) in [5.74, 6) is -1.37. The summed E-state index contributed by atoms with van der Waals surface area (Å²) < 4.78 is 38.8. The van der Waals surface area contributed by atoms with Crippen LogP contribution in [-0.4, -0.2) is 20.5 Å². The van der Waals surface area contributed by atoms with E-state index in [1.165, 1.54) is 0 Å². The van der Waals surface area contributed by atoms with Crippen LogP contribution in [0.1, 0.15) is 11.3 Å². The van der Waals surface area contributed by atoms with Gasteiger partial charge in [0, 0.05) is 6.20 Å². The quantitative estimate of drug-likeness (QED) is 0.889. The number of rotatable bonds is 2. The molecule has 0 saturated heterocycles. The Kier molecular flexibility index (Phi) is 3.05. The molecule has 2 heterocycles. The van der Waals surface area contributed by atoms with Crippen molar-refractivity contribution >= 4 is 29.0 Å². The third-order valence-electron chi connectivity index (χ3n) is 2.43. The number of carbonyl (C=O) groups is 1. The summed E-state index contributed by atoms with van der Waals surface area (Å²) in [4.78, 5) is 14.4. The van der Waals surface area contributed by atoms with Gasteiger partial charge in [0.1, 0.15) is 5.82 Å². The van der Waals surface area contributed by atoms with Crippen molar-refractivity contribution in [1.29, 1.82) is 0 Å². The number of nitrogens with zero attached hydrogens (tertiary/aromatic N) is 2. The number of halogens is 4. The molecule has 2 aromatic rings. The van der Waals surface area contributed by atoms with E-state index in [4.69, 9.17) is 22.4 Å². The van der Waals surface area contributed by atoms with Crippen LogP contribution in [-0.2, 0) is 17.4 Å². The highest BCUT2D eigenvalue weighted by molar-refractivity contribution is 6.33. The lowest BCUT2D eigenvalue weighted by molar-refractivity contribution is -0.138. The number of anilines is 1. The largest absolute Gasteiger partial charge is 0.481 e. The van der Waals surface area contributed by atoms with Crippen molar-refractivity contribution in [3.8, 4) is 0 Å². The molecular formula is C10H7ClF3N3O2. The molecule has 0 amide bonds. The normalized spacial score (nSPS) is 12.0. The molecule has 5 nitrogen and oxygen atoms in total. The van der Waals surface area contributed by atoms with Gasteiger partial charge < -0.3 is 10.8 Å². The molecule has 0 aliphatic rings. The van der Waals surface area contributed by atoms with Crippen molar-refractivity contribution in [2.75, 3.05) is 5.73 Å². The fourth-order valence-corrected chi connectivity index (χ4v) is 1.85. The monoisotopic (exact) mass is 293 g/mol. The molecule has 0 bridgehead atoms. The van der Waals surface area contributed by atoms with Gasteiger partial charge >= 0.3 is 12.1 Å². The maximum atomic E-state index is 12.6. The Morgan fingerprint density at radius 3 is 2.68 bits per heavy atom. The van der Waals surface area contributed by atoms with Crippen LogP contribution in [0.2, 0.25) is 5.02 Å². The third kappa shape index (κ3) is 2.43. The zero-order chi connectivity index (χ0) is 14.4. The number of carboxylic acids is 1. The number of imidazole rings is 1. The number of nitrogen functional groups attached to an aromatic ring is 1. The van der Waals surface area contributed by atoms with E-state index >= 15 is 0 Å². The van der Waals surface area contributed by atoms with Crippen LogP contribution in [0.25, 0.3) is 5.65 Å². The molecule has 0 aliphatic heterocycles. The molecule has 0 saturated carbocycles. The van der Waals surface area contributed by atoms with Crippen molar-refractivity contribution in [2.45, 2.75) is 12.6 Å². The highest BCUT2D eigenvalue weighted by Crippen LogP contribution is 2.33. The molecular weight excluding hydrogens is 287 g/mol. The predicted molar refractivity (Wildman–Crippen MR) is 61.0 cm³/mol. The standard InChI is InChI=1S/C10H7ClF3N3O2/c11-5-1-4(10(12,13)14)3-17-8(15)6(2-7(18)19)16-9(5)17/h1,3H,2,15H2,(H,18,19). The first kappa shape index (κ1) is 13.5. The van der Waals surface area contributed by atoms with Crippen LogP contribution >= 0.6 is 11.6 Å². The van der Waals surface area contributed by atoms with E-state index in [1.807, 2.05) is 0 Å². The van der Waals surface area contributed by atoms with Crippen molar-refractivity contribution in [2.24, 2.45) is 0 Å². The first-order valence-electron chi connectivity index (χ1n) is 4.95. The van der Waals surface area contributed by atoms with Crippen LogP contribution in [0, 0.1) is 0 Å². The van der Waals surface area contributed by atoms with E-state index in [9.17, 15) is 18.0 Å². The molecule has 0 atom stereocenters. The number of fused-ring (bicyclic) bond motifs is 1. The van der Waals surface area contributed by atoms with Gasteiger partial charge in [-0.25, -0.2) is 4.98 Å². The fourth-order valence-electron chi connectivity index (χ4n) is 1.60. The highest BCUT2D eigenvalue weighted by Gasteiger charge is 2.32. The smallest absolute Gasteiger partial charge is 0.417 e. The maximum absolute atomic E-state index is 12.6. The number of nitrogens with two attached hydrogens (primary N) is 1. The van der Waals surface area contributed by atoms with Crippen LogP contribution in [0.15, 0.2) is 12.3 Å². The van der Waals surface area contributed by atoms with Gasteiger partial charge in [-0.2, -0.15) is 13.2 Å². The number of aromatic nitrogens is 2.